The Labute approximate surface area is 174 Å². The number of nitrogens with zero attached hydrogens (tertiary/aromatic N) is 1. The third-order valence-electron chi connectivity index (χ3n) is 4.18. The van der Waals surface area contributed by atoms with Crippen molar-refractivity contribution in [1.29, 1.82) is 5.26 Å². The van der Waals surface area contributed by atoms with E-state index in [1.54, 1.807) is 12.1 Å². The zero-order chi connectivity index (χ0) is 20.7. The van der Waals surface area contributed by atoms with E-state index < -0.39 is 5.91 Å². The van der Waals surface area contributed by atoms with Crippen LogP contribution in [0.1, 0.15) is 30.5 Å². The van der Waals surface area contributed by atoms with Gasteiger partial charge in [-0.3, -0.25) is 4.79 Å². The van der Waals surface area contributed by atoms with Crippen LogP contribution in [0.5, 0.6) is 11.5 Å². The fourth-order valence-electron chi connectivity index (χ4n) is 2.58. The first-order valence-electron chi connectivity index (χ1n) is 8.99. The van der Waals surface area contributed by atoms with Gasteiger partial charge in [0.15, 0.2) is 11.5 Å². The summed E-state index contributed by atoms with van der Waals surface area (Å²) in [5, 5.41) is 12.3. The van der Waals surface area contributed by atoms with Crippen LogP contribution in [0.15, 0.2) is 40.4 Å². The van der Waals surface area contributed by atoms with Gasteiger partial charge in [0.05, 0.1) is 13.2 Å². The molecule has 5 nitrogen and oxygen atoms in total. The van der Waals surface area contributed by atoms with Crippen LogP contribution < -0.4 is 14.8 Å². The van der Waals surface area contributed by atoms with Gasteiger partial charge in [-0.05, 0) is 68.7 Å². The van der Waals surface area contributed by atoms with Crippen molar-refractivity contribution in [2.75, 3.05) is 18.5 Å². The van der Waals surface area contributed by atoms with E-state index in [-0.39, 0.29) is 5.57 Å². The molecule has 1 N–H and O–H groups in total. The van der Waals surface area contributed by atoms with Crippen molar-refractivity contribution in [3.8, 4) is 17.6 Å². The Balaban J connectivity index is 2.37. The first-order valence-corrected chi connectivity index (χ1v) is 9.79. The second kappa shape index (κ2) is 9.95. The number of aryl methyl sites for hydroxylation is 1. The lowest BCUT2D eigenvalue weighted by Crippen LogP contribution is -2.14. The molecule has 0 heterocycles. The number of hydrogen-bond donors (Lipinski definition) is 1. The van der Waals surface area contributed by atoms with Gasteiger partial charge in [0.25, 0.3) is 5.91 Å². The molecule has 2 rings (SSSR count). The monoisotopic (exact) mass is 442 g/mol. The smallest absolute Gasteiger partial charge is 0.266 e. The van der Waals surface area contributed by atoms with Crippen LogP contribution in [-0.2, 0) is 4.79 Å². The van der Waals surface area contributed by atoms with E-state index in [9.17, 15) is 10.1 Å². The van der Waals surface area contributed by atoms with Crippen LogP contribution in [0, 0.1) is 25.2 Å². The molecule has 0 aromatic heterocycles. The number of carbonyl (C=O) groups is 1. The van der Waals surface area contributed by atoms with E-state index >= 15 is 0 Å². The summed E-state index contributed by atoms with van der Waals surface area (Å²) >= 11 is 3.48. The lowest BCUT2D eigenvalue weighted by Gasteiger charge is -2.13. The van der Waals surface area contributed by atoms with Gasteiger partial charge in [0.2, 0.25) is 0 Å². The van der Waals surface area contributed by atoms with Crippen LogP contribution in [0.2, 0.25) is 0 Å². The molecule has 146 valence electrons. The Morgan fingerprint density at radius 2 is 1.82 bits per heavy atom. The van der Waals surface area contributed by atoms with Gasteiger partial charge < -0.3 is 14.8 Å². The number of ether oxygens (including phenoxy) is 2. The topological polar surface area (TPSA) is 71.3 Å². The number of rotatable bonds is 7. The van der Waals surface area contributed by atoms with Crippen LogP contribution >= 0.6 is 15.9 Å². The maximum atomic E-state index is 12.6. The molecule has 0 spiro atoms. The zero-order valence-corrected chi connectivity index (χ0v) is 18.0. The molecule has 1 amide bonds. The number of nitriles is 1. The highest BCUT2D eigenvalue weighted by atomic mass is 79.9. The molecule has 0 aliphatic heterocycles. The summed E-state index contributed by atoms with van der Waals surface area (Å²) in [4.78, 5) is 12.6. The molecule has 0 saturated carbocycles. The van der Waals surface area contributed by atoms with Crippen molar-refractivity contribution < 1.29 is 14.3 Å². The molecule has 0 unspecified atom stereocenters. The molecular formula is C22H23BrN2O3. The molecule has 0 fully saturated rings. The molecule has 2 aromatic rings. The summed E-state index contributed by atoms with van der Waals surface area (Å²) in [6.45, 7) is 8.65. The predicted molar refractivity (Wildman–Crippen MR) is 115 cm³/mol. The van der Waals surface area contributed by atoms with E-state index in [4.69, 9.17) is 9.47 Å². The largest absolute Gasteiger partial charge is 0.490 e. The molecule has 0 saturated heterocycles. The minimum Gasteiger partial charge on any atom is -0.490 e. The lowest BCUT2D eigenvalue weighted by molar-refractivity contribution is -0.112. The molecule has 28 heavy (non-hydrogen) atoms. The third-order valence-corrected chi connectivity index (χ3v) is 4.87. The molecule has 0 bridgehead atoms. The van der Waals surface area contributed by atoms with Crippen molar-refractivity contribution in [3.05, 3.63) is 57.1 Å². The van der Waals surface area contributed by atoms with Crippen LogP contribution in [0.25, 0.3) is 6.08 Å². The predicted octanol–water partition coefficient (Wildman–Crippen LogP) is 5.41. The van der Waals surface area contributed by atoms with Crippen molar-refractivity contribution in [3.63, 3.8) is 0 Å². The number of amides is 1. The molecule has 6 heteroatoms. The zero-order valence-electron chi connectivity index (χ0n) is 16.4. The Morgan fingerprint density at radius 3 is 2.43 bits per heavy atom. The van der Waals surface area contributed by atoms with Crippen molar-refractivity contribution in [2.45, 2.75) is 27.7 Å². The van der Waals surface area contributed by atoms with Gasteiger partial charge in [-0.15, -0.1) is 0 Å². The first-order chi connectivity index (χ1) is 13.4. The van der Waals surface area contributed by atoms with E-state index in [1.807, 2.05) is 52.0 Å². The second-order valence-electron chi connectivity index (χ2n) is 6.06. The third kappa shape index (κ3) is 5.14. The summed E-state index contributed by atoms with van der Waals surface area (Å²) in [6, 6.07) is 11.2. The van der Waals surface area contributed by atoms with Crippen molar-refractivity contribution in [1.82, 2.24) is 0 Å². The summed E-state index contributed by atoms with van der Waals surface area (Å²) in [7, 11) is 0. The van der Waals surface area contributed by atoms with E-state index in [1.165, 1.54) is 6.08 Å². The van der Waals surface area contributed by atoms with Crippen LogP contribution in [0.3, 0.4) is 0 Å². The summed E-state index contributed by atoms with van der Waals surface area (Å²) < 4.78 is 11.9. The van der Waals surface area contributed by atoms with Gasteiger partial charge in [-0.2, -0.15) is 5.26 Å². The number of carbonyl (C=O) groups excluding carboxylic acids is 1. The Morgan fingerprint density at radius 1 is 1.18 bits per heavy atom. The Hall–Kier alpha value is -2.78. The summed E-state index contributed by atoms with van der Waals surface area (Å²) in [6.07, 6.45) is 1.53. The highest BCUT2D eigenvalue weighted by Gasteiger charge is 2.15. The van der Waals surface area contributed by atoms with E-state index in [0.717, 1.165) is 11.1 Å². The normalized spacial score (nSPS) is 10.9. The lowest BCUT2D eigenvalue weighted by atomic mass is 10.1. The number of hydrogen-bond acceptors (Lipinski definition) is 4. The number of benzene rings is 2. The average Bonchev–Trinajstić information content (AvgIpc) is 2.66. The molecule has 0 aliphatic carbocycles. The second-order valence-corrected chi connectivity index (χ2v) is 6.91. The SMILES string of the molecule is CCOc1cc(Br)c(/C=C(\C#N)C(=O)Nc2cccc(C)c2C)cc1OCC. The minimum atomic E-state index is -0.463. The fourth-order valence-corrected chi connectivity index (χ4v) is 3.02. The number of halogens is 1. The minimum absolute atomic E-state index is 0.00628. The van der Waals surface area contributed by atoms with E-state index in [0.29, 0.717) is 40.4 Å². The highest BCUT2D eigenvalue weighted by molar-refractivity contribution is 9.10. The van der Waals surface area contributed by atoms with Gasteiger partial charge in [-0.1, -0.05) is 28.1 Å². The van der Waals surface area contributed by atoms with Crippen molar-refractivity contribution in [2.24, 2.45) is 0 Å². The quantitative estimate of drug-likeness (QED) is 0.459. The fraction of sp³-hybridized carbons (Fsp3) is 0.273. The maximum absolute atomic E-state index is 12.6. The molecule has 0 atom stereocenters. The summed E-state index contributed by atoms with van der Waals surface area (Å²) in [5.74, 6) is 0.702. The van der Waals surface area contributed by atoms with E-state index in [2.05, 4.69) is 21.2 Å². The van der Waals surface area contributed by atoms with Crippen molar-refractivity contribution >= 4 is 33.6 Å². The van der Waals surface area contributed by atoms with Crippen LogP contribution in [-0.4, -0.2) is 19.1 Å². The Bertz CT molecular complexity index is 946. The summed E-state index contributed by atoms with van der Waals surface area (Å²) in [5.41, 5.74) is 3.37. The first kappa shape index (κ1) is 21.5. The highest BCUT2D eigenvalue weighted by Crippen LogP contribution is 2.35. The standard InChI is InChI=1S/C22H23BrN2O3/c1-5-27-20-11-16(18(23)12-21(20)28-6-2)10-17(13-24)22(26)25-19-9-7-8-14(3)15(19)4/h7-12H,5-6H2,1-4H3,(H,25,26)/b17-10+. The molecule has 0 aliphatic rings. The molecule has 2 aromatic carbocycles. The molecule has 0 radical (unpaired) electrons. The van der Waals surface area contributed by atoms with Crippen LogP contribution in [0.4, 0.5) is 5.69 Å². The number of nitrogens with one attached hydrogen (secondary N) is 1. The average molecular weight is 443 g/mol. The van der Waals surface area contributed by atoms with Gasteiger partial charge in [-0.25, -0.2) is 0 Å². The van der Waals surface area contributed by atoms with Gasteiger partial charge in [0, 0.05) is 10.2 Å². The van der Waals surface area contributed by atoms with Gasteiger partial charge >= 0.3 is 0 Å². The number of anilines is 1. The maximum Gasteiger partial charge on any atom is 0.266 e. The molecular weight excluding hydrogens is 420 g/mol. The Kier molecular flexibility index (Phi) is 7.65. The van der Waals surface area contributed by atoms with Gasteiger partial charge in [0.1, 0.15) is 11.6 Å².